The second-order valence-electron chi connectivity index (χ2n) is 5.18. The lowest BCUT2D eigenvalue weighted by Crippen LogP contribution is -2.18. The lowest BCUT2D eigenvalue weighted by Gasteiger charge is -2.13. The van der Waals surface area contributed by atoms with Gasteiger partial charge in [0.25, 0.3) is 0 Å². The predicted octanol–water partition coefficient (Wildman–Crippen LogP) is 3.61. The summed E-state index contributed by atoms with van der Waals surface area (Å²) in [5.74, 6) is 0.669. The maximum absolute atomic E-state index is 11.7. The van der Waals surface area contributed by atoms with Gasteiger partial charge in [0, 0.05) is 13.0 Å². The van der Waals surface area contributed by atoms with Gasteiger partial charge in [-0.25, -0.2) is 9.78 Å². The molecule has 0 saturated carbocycles. The molecule has 1 aromatic carbocycles. The number of benzene rings is 1. The zero-order valence-electron chi connectivity index (χ0n) is 14.3. The number of aromatic nitrogens is 1. The SMILES string of the molecule is CCOC(=O)Nc1ccc(NCc2ccccc2)nc1NC(=O)CC. The number of amides is 2. The molecule has 0 aliphatic heterocycles. The summed E-state index contributed by atoms with van der Waals surface area (Å²) < 4.78 is 4.86. The van der Waals surface area contributed by atoms with Crippen LogP contribution in [0.15, 0.2) is 42.5 Å². The summed E-state index contributed by atoms with van der Waals surface area (Å²) in [6.07, 6.45) is -0.288. The summed E-state index contributed by atoms with van der Waals surface area (Å²) >= 11 is 0. The molecule has 0 bridgehead atoms. The minimum atomic E-state index is -0.596. The van der Waals surface area contributed by atoms with Crippen LogP contribution in [0.3, 0.4) is 0 Å². The second kappa shape index (κ2) is 9.27. The number of rotatable bonds is 7. The Labute approximate surface area is 146 Å². The fourth-order valence-electron chi connectivity index (χ4n) is 2.04. The third-order valence-electron chi connectivity index (χ3n) is 3.30. The molecule has 0 spiro atoms. The van der Waals surface area contributed by atoms with Gasteiger partial charge in [-0.3, -0.25) is 10.1 Å². The highest BCUT2D eigenvalue weighted by molar-refractivity contribution is 5.96. The smallest absolute Gasteiger partial charge is 0.411 e. The Morgan fingerprint density at radius 3 is 2.48 bits per heavy atom. The molecule has 7 nitrogen and oxygen atoms in total. The van der Waals surface area contributed by atoms with E-state index in [1.807, 2.05) is 30.3 Å². The quantitative estimate of drug-likeness (QED) is 0.715. The molecule has 2 aromatic rings. The number of nitrogens with zero attached hydrogens (tertiary/aromatic N) is 1. The standard InChI is InChI=1S/C18H22N4O3/c1-3-16(23)22-17-14(20-18(24)25-4-2)10-11-15(21-17)19-12-13-8-6-5-7-9-13/h5-11H,3-4,12H2,1-2H3,(H,20,24)(H2,19,21,22,23). The molecule has 132 valence electrons. The molecule has 0 fully saturated rings. The van der Waals surface area contributed by atoms with Crippen LogP contribution in [-0.2, 0) is 16.1 Å². The first kappa shape index (κ1) is 18.3. The van der Waals surface area contributed by atoms with Gasteiger partial charge >= 0.3 is 6.09 Å². The van der Waals surface area contributed by atoms with E-state index in [1.54, 1.807) is 26.0 Å². The van der Waals surface area contributed by atoms with Gasteiger partial charge in [0.05, 0.1) is 12.3 Å². The summed E-state index contributed by atoms with van der Waals surface area (Å²) in [6, 6.07) is 13.3. The maximum Gasteiger partial charge on any atom is 0.411 e. The van der Waals surface area contributed by atoms with Crippen molar-refractivity contribution in [1.82, 2.24) is 4.98 Å². The first-order chi connectivity index (χ1) is 12.1. The van der Waals surface area contributed by atoms with Crippen LogP contribution in [0.5, 0.6) is 0 Å². The normalized spacial score (nSPS) is 10.0. The van der Waals surface area contributed by atoms with Crippen LogP contribution >= 0.6 is 0 Å². The minimum absolute atomic E-state index is 0.195. The fourth-order valence-corrected chi connectivity index (χ4v) is 2.04. The van der Waals surface area contributed by atoms with Gasteiger partial charge in [0.15, 0.2) is 5.82 Å². The van der Waals surface area contributed by atoms with Crippen molar-refractivity contribution in [2.24, 2.45) is 0 Å². The third kappa shape index (κ3) is 5.80. The molecule has 2 amide bonds. The van der Waals surface area contributed by atoms with Gasteiger partial charge in [-0.05, 0) is 24.6 Å². The summed E-state index contributed by atoms with van der Waals surface area (Å²) in [5, 5.41) is 8.45. The fraction of sp³-hybridized carbons (Fsp3) is 0.278. The summed E-state index contributed by atoms with van der Waals surface area (Å²) in [7, 11) is 0. The molecule has 0 saturated heterocycles. The first-order valence-corrected chi connectivity index (χ1v) is 8.14. The number of anilines is 3. The summed E-state index contributed by atoms with van der Waals surface area (Å²) in [5.41, 5.74) is 1.49. The van der Waals surface area contributed by atoms with Crippen LogP contribution in [0.1, 0.15) is 25.8 Å². The van der Waals surface area contributed by atoms with Crippen LogP contribution in [0.25, 0.3) is 0 Å². The zero-order valence-corrected chi connectivity index (χ0v) is 14.3. The van der Waals surface area contributed by atoms with Gasteiger partial charge in [-0.2, -0.15) is 0 Å². The van der Waals surface area contributed by atoms with E-state index < -0.39 is 6.09 Å². The van der Waals surface area contributed by atoms with Crippen LogP contribution in [0, 0.1) is 0 Å². The van der Waals surface area contributed by atoms with E-state index in [4.69, 9.17) is 4.74 Å². The van der Waals surface area contributed by atoms with Crippen molar-refractivity contribution in [3.05, 3.63) is 48.0 Å². The number of nitrogens with one attached hydrogen (secondary N) is 3. The first-order valence-electron chi connectivity index (χ1n) is 8.14. The molecule has 7 heteroatoms. The molecule has 0 unspecified atom stereocenters. The zero-order chi connectivity index (χ0) is 18.1. The topological polar surface area (TPSA) is 92.3 Å². The molecule has 0 radical (unpaired) electrons. The van der Waals surface area contributed by atoms with E-state index >= 15 is 0 Å². The maximum atomic E-state index is 11.7. The van der Waals surface area contributed by atoms with Crippen molar-refractivity contribution in [3.8, 4) is 0 Å². The van der Waals surface area contributed by atoms with Gasteiger partial charge in [-0.15, -0.1) is 0 Å². The van der Waals surface area contributed by atoms with Crippen molar-refractivity contribution >= 4 is 29.3 Å². The van der Waals surface area contributed by atoms with Crippen molar-refractivity contribution in [3.63, 3.8) is 0 Å². The Bertz CT molecular complexity index is 720. The second-order valence-corrected chi connectivity index (χ2v) is 5.18. The molecule has 1 heterocycles. The van der Waals surface area contributed by atoms with Crippen LogP contribution < -0.4 is 16.0 Å². The van der Waals surface area contributed by atoms with Crippen molar-refractivity contribution in [2.45, 2.75) is 26.8 Å². The van der Waals surface area contributed by atoms with E-state index in [-0.39, 0.29) is 18.3 Å². The Hall–Kier alpha value is -3.09. The van der Waals surface area contributed by atoms with Crippen molar-refractivity contribution in [1.29, 1.82) is 0 Å². The summed E-state index contributed by atoms with van der Waals surface area (Å²) in [4.78, 5) is 27.7. The molecule has 0 atom stereocenters. The highest BCUT2D eigenvalue weighted by Gasteiger charge is 2.12. The number of carbonyl (C=O) groups excluding carboxylic acids is 2. The molecular formula is C18H22N4O3. The Balaban J connectivity index is 2.14. The van der Waals surface area contributed by atoms with E-state index in [0.717, 1.165) is 5.56 Å². The average Bonchev–Trinajstić information content (AvgIpc) is 2.62. The summed E-state index contributed by atoms with van der Waals surface area (Å²) in [6.45, 7) is 4.31. The lowest BCUT2D eigenvalue weighted by molar-refractivity contribution is -0.115. The van der Waals surface area contributed by atoms with E-state index in [0.29, 0.717) is 24.5 Å². The average molecular weight is 342 g/mol. The number of hydrogen-bond donors (Lipinski definition) is 3. The van der Waals surface area contributed by atoms with Crippen LogP contribution in [-0.4, -0.2) is 23.6 Å². The van der Waals surface area contributed by atoms with E-state index in [1.165, 1.54) is 0 Å². The lowest BCUT2D eigenvalue weighted by atomic mass is 10.2. The Morgan fingerprint density at radius 2 is 1.80 bits per heavy atom. The highest BCUT2D eigenvalue weighted by atomic mass is 16.5. The molecule has 3 N–H and O–H groups in total. The number of hydrogen-bond acceptors (Lipinski definition) is 5. The molecule has 0 aliphatic rings. The minimum Gasteiger partial charge on any atom is -0.450 e. The van der Waals surface area contributed by atoms with Gasteiger partial charge in [0.1, 0.15) is 5.82 Å². The highest BCUT2D eigenvalue weighted by Crippen LogP contribution is 2.22. The number of pyridine rings is 1. The molecule has 1 aromatic heterocycles. The van der Waals surface area contributed by atoms with Crippen LogP contribution in [0.2, 0.25) is 0 Å². The third-order valence-corrected chi connectivity index (χ3v) is 3.30. The van der Waals surface area contributed by atoms with E-state index in [2.05, 4.69) is 20.9 Å². The van der Waals surface area contributed by atoms with E-state index in [9.17, 15) is 9.59 Å². The molecule has 2 rings (SSSR count). The molecule has 25 heavy (non-hydrogen) atoms. The predicted molar refractivity (Wildman–Crippen MR) is 97.6 cm³/mol. The Morgan fingerprint density at radius 1 is 1.04 bits per heavy atom. The van der Waals surface area contributed by atoms with Crippen LogP contribution in [0.4, 0.5) is 22.1 Å². The molecule has 0 aliphatic carbocycles. The largest absolute Gasteiger partial charge is 0.450 e. The van der Waals surface area contributed by atoms with Crippen molar-refractivity contribution < 1.29 is 14.3 Å². The number of carbonyl (C=O) groups is 2. The van der Waals surface area contributed by atoms with Crippen molar-refractivity contribution in [2.75, 3.05) is 22.6 Å². The number of ether oxygens (including phenoxy) is 1. The van der Waals surface area contributed by atoms with Gasteiger partial charge in [0.2, 0.25) is 5.91 Å². The molecular weight excluding hydrogens is 320 g/mol. The Kier molecular flexibility index (Phi) is 6.76. The van der Waals surface area contributed by atoms with Gasteiger partial charge in [-0.1, -0.05) is 37.3 Å². The van der Waals surface area contributed by atoms with Gasteiger partial charge < -0.3 is 15.4 Å². The monoisotopic (exact) mass is 342 g/mol.